The number of aryl methyl sites for hydroxylation is 1. The summed E-state index contributed by atoms with van der Waals surface area (Å²) in [5.41, 5.74) is 4.63. The molecule has 1 fully saturated rings. The Morgan fingerprint density at radius 2 is 2.04 bits per heavy atom. The number of aldehydes is 1. The van der Waals surface area contributed by atoms with Gasteiger partial charge in [-0.3, -0.25) is 4.79 Å². The first-order chi connectivity index (χ1) is 11.3. The van der Waals surface area contributed by atoms with Crippen LogP contribution in [0.2, 0.25) is 0 Å². The van der Waals surface area contributed by atoms with Crippen LogP contribution < -0.4 is 5.84 Å². The van der Waals surface area contributed by atoms with Gasteiger partial charge in [0.25, 0.3) is 0 Å². The zero-order chi connectivity index (χ0) is 16.1. The highest BCUT2D eigenvalue weighted by molar-refractivity contribution is 6.13. The number of hydrogen-bond donors (Lipinski definition) is 1. The molecule has 1 unspecified atom stereocenters. The monoisotopic (exact) mass is 311 g/mol. The fraction of sp³-hybridized carbons (Fsp3) is 0.474. The van der Waals surface area contributed by atoms with Gasteiger partial charge in [-0.15, -0.1) is 0 Å². The number of allylic oxidation sites excluding steroid dienone is 2. The Kier molecular flexibility index (Phi) is 5.23. The number of likely N-dealkylation sites (tertiary alicyclic amines) is 1. The molecule has 2 aliphatic rings. The lowest BCUT2D eigenvalue weighted by molar-refractivity contribution is -0.104. The molecule has 1 aromatic carbocycles. The number of nitrogens with two attached hydrogens (primary N) is 1. The van der Waals surface area contributed by atoms with Gasteiger partial charge < -0.3 is 10.7 Å². The predicted octanol–water partition coefficient (Wildman–Crippen LogP) is 2.56. The predicted molar refractivity (Wildman–Crippen MR) is 94.4 cm³/mol. The van der Waals surface area contributed by atoms with Crippen LogP contribution in [-0.4, -0.2) is 36.5 Å². The number of fused-ring (bicyclic) bond motifs is 1. The molecule has 1 aliphatic heterocycles. The Morgan fingerprint density at radius 3 is 2.78 bits per heavy atom. The van der Waals surface area contributed by atoms with E-state index in [1.165, 1.54) is 62.2 Å². The van der Waals surface area contributed by atoms with Gasteiger partial charge in [0.2, 0.25) is 0 Å². The Labute approximate surface area is 138 Å². The average molecular weight is 311 g/mol. The van der Waals surface area contributed by atoms with Crippen LogP contribution in [0.15, 0.2) is 29.4 Å². The molecule has 1 saturated heterocycles. The van der Waals surface area contributed by atoms with Crippen molar-refractivity contribution in [3.8, 4) is 0 Å². The molecule has 122 valence electrons. The second-order valence-corrected chi connectivity index (χ2v) is 6.51. The lowest BCUT2D eigenvalue weighted by Crippen LogP contribution is -2.42. The molecule has 1 aromatic rings. The quantitative estimate of drug-likeness (QED) is 0.306. The highest BCUT2D eigenvalue weighted by atomic mass is 16.1. The third-order valence-electron chi connectivity index (χ3n) is 5.11. The van der Waals surface area contributed by atoms with Crippen LogP contribution in [-0.2, 0) is 17.6 Å². The summed E-state index contributed by atoms with van der Waals surface area (Å²) in [6, 6.07) is 7.18. The number of piperidine rings is 1. The van der Waals surface area contributed by atoms with Gasteiger partial charge in [0, 0.05) is 11.6 Å². The fourth-order valence-corrected chi connectivity index (χ4v) is 3.88. The maximum Gasteiger partial charge on any atom is 0.143 e. The number of hydrazone groups is 1. The van der Waals surface area contributed by atoms with E-state index in [2.05, 4.69) is 28.2 Å². The first-order valence-electron chi connectivity index (χ1n) is 8.57. The molecule has 1 heterocycles. The van der Waals surface area contributed by atoms with Crippen LogP contribution in [0.4, 0.5) is 0 Å². The molecule has 0 saturated carbocycles. The molecule has 2 N–H and O–H groups in total. The van der Waals surface area contributed by atoms with E-state index in [9.17, 15) is 4.79 Å². The van der Waals surface area contributed by atoms with Gasteiger partial charge in [-0.05, 0) is 68.0 Å². The average Bonchev–Trinajstić information content (AvgIpc) is 2.61. The topological polar surface area (TPSA) is 58.7 Å². The van der Waals surface area contributed by atoms with E-state index in [1.807, 2.05) is 0 Å². The second-order valence-electron chi connectivity index (χ2n) is 6.51. The van der Waals surface area contributed by atoms with Crippen LogP contribution in [0.1, 0.15) is 42.4 Å². The Hall–Kier alpha value is -1.94. The van der Waals surface area contributed by atoms with Crippen LogP contribution in [0.25, 0.3) is 5.57 Å². The summed E-state index contributed by atoms with van der Waals surface area (Å²) in [7, 11) is 0. The number of carbonyl (C=O) groups is 1. The van der Waals surface area contributed by atoms with Gasteiger partial charge >= 0.3 is 0 Å². The molecule has 4 nitrogen and oxygen atoms in total. The summed E-state index contributed by atoms with van der Waals surface area (Å²) in [4.78, 5) is 13.5. The van der Waals surface area contributed by atoms with Crippen LogP contribution in [0.3, 0.4) is 0 Å². The Bertz CT molecular complexity index is 615. The van der Waals surface area contributed by atoms with Gasteiger partial charge in [0.15, 0.2) is 0 Å². The van der Waals surface area contributed by atoms with E-state index >= 15 is 0 Å². The maximum absolute atomic E-state index is 10.8. The summed E-state index contributed by atoms with van der Waals surface area (Å²) < 4.78 is 0. The lowest BCUT2D eigenvalue weighted by atomic mass is 9.85. The zero-order valence-corrected chi connectivity index (χ0v) is 13.6. The Balaban J connectivity index is 1.77. The van der Waals surface area contributed by atoms with E-state index < -0.39 is 0 Å². The summed E-state index contributed by atoms with van der Waals surface area (Å²) >= 11 is 0. The number of nitrogens with zero attached hydrogens (tertiary/aromatic N) is 2. The molecule has 23 heavy (non-hydrogen) atoms. The van der Waals surface area contributed by atoms with Gasteiger partial charge in [-0.1, -0.05) is 24.6 Å². The number of benzene rings is 1. The van der Waals surface area contributed by atoms with Crippen molar-refractivity contribution in [1.29, 1.82) is 0 Å². The minimum Gasteiger partial charge on any atom is -0.323 e. The van der Waals surface area contributed by atoms with Gasteiger partial charge in [-0.2, -0.15) is 5.10 Å². The van der Waals surface area contributed by atoms with Crippen molar-refractivity contribution in [3.05, 3.63) is 41.0 Å². The molecule has 0 aromatic heterocycles. The molecule has 3 rings (SSSR count). The number of rotatable bonds is 4. The van der Waals surface area contributed by atoms with Crippen molar-refractivity contribution < 1.29 is 4.79 Å². The van der Waals surface area contributed by atoms with E-state index in [-0.39, 0.29) is 0 Å². The van der Waals surface area contributed by atoms with Gasteiger partial charge in [-0.25, -0.2) is 0 Å². The zero-order valence-electron chi connectivity index (χ0n) is 13.6. The molecular weight excluding hydrogens is 286 g/mol. The molecule has 1 aliphatic carbocycles. The highest BCUT2D eigenvalue weighted by Crippen LogP contribution is 2.28. The third kappa shape index (κ3) is 3.70. The summed E-state index contributed by atoms with van der Waals surface area (Å²) in [5.74, 6) is 5.24. The maximum atomic E-state index is 10.8. The molecular formula is C19H25N3O. The fourth-order valence-electron chi connectivity index (χ4n) is 3.88. The molecule has 0 bridgehead atoms. The van der Waals surface area contributed by atoms with Crippen molar-refractivity contribution in [2.75, 3.05) is 13.1 Å². The lowest BCUT2D eigenvalue weighted by Gasteiger charge is -2.37. The van der Waals surface area contributed by atoms with Crippen molar-refractivity contribution in [2.45, 2.75) is 44.6 Å². The second kappa shape index (κ2) is 7.55. The third-order valence-corrected chi connectivity index (χ3v) is 5.11. The van der Waals surface area contributed by atoms with Crippen molar-refractivity contribution in [2.24, 2.45) is 10.9 Å². The highest BCUT2D eigenvalue weighted by Gasteiger charge is 2.25. The van der Waals surface area contributed by atoms with Gasteiger partial charge in [0.1, 0.15) is 6.29 Å². The number of hydrogen-bond acceptors (Lipinski definition) is 4. The Morgan fingerprint density at radius 1 is 1.22 bits per heavy atom. The summed E-state index contributed by atoms with van der Waals surface area (Å²) in [6.07, 6.45) is 11.4. The van der Waals surface area contributed by atoms with Crippen LogP contribution >= 0.6 is 0 Å². The SMILES string of the molecule is N/N=C\C(=C/C=O)c1ccc2c(c1)CCC(N1CCCCC1)C2. The number of carbonyl (C=O) groups excluding carboxylic acids is 1. The van der Waals surface area contributed by atoms with Crippen LogP contribution in [0, 0.1) is 0 Å². The van der Waals surface area contributed by atoms with Crippen molar-refractivity contribution in [3.63, 3.8) is 0 Å². The van der Waals surface area contributed by atoms with E-state index in [1.54, 1.807) is 0 Å². The van der Waals surface area contributed by atoms with E-state index in [0.717, 1.165) is 30.3 Å². The normalized spacial score (nSPS) is 23.0. The van der Waals surface area contributed by atoms with E-state index in [0.29, 0.717) is 6.04 Å². The van der Waals surface area contributed by atoms with Crippen molar-refractivity contribution in [1.82, 2.24) is 4.90 Å². The summed E-state index contributed by atoms with van der Waals surface area (Å²) in [5, 5.41) is 3.56. The molecule has 0 amide bonds. The standard InChI is InChI=1S/C19H25N3O/c20-21-14-18(8-11-23)16-4-5-17-13-19(7-6-15(17)12-16)22-9-2-1-3-10-22/h4-5,8,11-12,14,19H,1-3,6-7,9-10,13,20H2/b18-8+,21-14-. The molecule has 0 radical (unpaired) electrons. The minimum atomic E-state index is 0.698. The smallest absolute Gasteiger partial charge is 0.143 e. The first kappa shape index (κ1) is 15.9. The van der Waals surface area contributed by atoms with Gasteiger partial charge in [0.05, 0.1) is 6.21 Å². The van der Waals surface area contributed by atoms with E-state index in [4.69, 9.17) is 5.84 Å². The van der Waals surface area contributed by atoms with Crippen LogP contribution in [0.5, 0.6) is 0 Å². The minimum absolute atomic E-state index is 0.698. The first-order valence-corrected chi connectivity index (χ1v) is 8.57. The molecule has 0 spiro atoms. The van der Waals surface area contributed by atoms with Crippen molar-refractivity contribution >= 4 is 18.1 Å². The molecule has 1 atom stereocenters. The molecule has 4 heteroatoms. The largest absolute Gasteiger partial charge is 0.323 e. The summed E-state index contributed by atoms with van der Waals surface area (Å²) in [6.45, 7) is 2.52.